The maximum absolute atomic E-state index is 12.6. The third kappa shape index (κ3) is 4.94. The third-order valence-corrected chi connectivity index (χ3v) is 6.07. The van der Waals surface area contributed by atoms with Crippen LogP contribution >= 0.6 is 11.8 Å². The molecule has 4 heteroatoms. The number of Topliss-reactive ketones (excluding diaryl/α,β-unsaturated/α-hetero) is 1. The second-order valence-electron chi connectivity index (χ2n) is 7.44. The highest BCUT2D eigenvalue weighted by Crippen LogP contribution is 2.48. The van der Waals surface area contributed by atoms with Crippen molar-refractivity contribution in [2.24, 2.45) is 0 Å². The molecule has 0 spiro atoms. The molecule has 2 aromatic rings. The van der Waals surface area contributed by atoms with Crippen LogP contribution in [0.4, 0.5) is 11.4 Å². The van der Waals surface area contributed by atoms with E-state index in [1.807, 2.05) is 6.07 Å². The van der Waals surface area contributed by atoms with E-state index in [4.69, 9.17) is 0 Å². The smallest absolute Gasteiger partial charge is 0.162 e. The number of carbonyl (C=O) groups excluding carboxylic acids is 1. The number of fused-ring (bicyclic) bond motifs is 2. The molecule has 27 heavy (non-hydrogen) atoms. The van der Waals surface area contributed by atoms with Crippen molar-refractivity contribution in [1.29, 1.82) is 0 Å². The lowest BCUT2D eigenvalue weighted by Gasteiger charge is -2.33. The minimum atomic E-state index is 0.267. The summed E-state index contributed by atoms with van der Waals surface area (Å²) in [6, 6.07) is 14.8. The predicted octanol–water partition coefficient (Wildman–Crippen LogP) is 6.00. The molecule has 0 N–H and O–H groups in total. The Bertz CT molecular complexity index is 788. The highest BCUT2D eigenvalue weighted by Gasteiger charge is 2.24. The highest BCUT2D eigenvalue weighted by atomic mass is 32.2. The van der Waals surface area contributed by atoms with E-state index in [0.717, 1.165) is 44.3 Å². The van der Waals surface area contributed by atoms with Crippen LogP contribution in [0.1, 0.15) is 49.4 Å². The first-order valence-electron chi connectivity index (χ1n) is 9.96. The summed E-state index contributed by atoms with van der Waals surface area (Å²) < 4.78 is 0. The van der Waals surface area contributed by atoms with Crippen LogP contribution in [-0.2, 0) is 0 Å². The van der Waals surface area contributed by atoms with E-state index in [0.29, 0.717) is 6.42 Å². The lowest BCUT2D eigenvalue weighted by atomic mass is 10.0. The number of carbonyl (C=O) groups is 1. The Labute approximate surface area is 167 Å². The fourth-order valence-corrected chi connectivity index (χ4v) is 4.54. The molecule has 0 aromatic heterocycles. The maximum Gasteiger partial charge on any atom is 0.162 e. The molecule has 0 saturated heterocycles. The molecule has 0 atom stereocenters. The summed E-state index contributed by atoms with van der Waals surface area (Å²) in [5, 5.41) is 0. The van der Waals surface area contributed by atoms with Crippen LogP contribution in [0.5, 0.6) is 0 Å². The Hall–Kier alpha value is -1.78. The number of hydrogen-bond donors (Lipinski definition) is 0. The number of ketones is 1. The third-order valence-electron chi connectivity index (χ3n) is 4.94. The Morgan fingerprint density at radius 1 is 1.00 bits per heavy atom. The number of hydrogen-bond acceptors (Lipinski definition) is 4. The minimum absolute atomic E-state index is 0.267. The van der Waals surface area contributed by atoms with Gasteiger partial charge in [-0.1, -0.05) is 49.7 Å². The highest BCUT2D eigenvalue weighted by molar-refractivity contribution is 7.99. The summed E-state index contributed by atoms with van der Waals surface area (Å²) in [5.74, 6) is 0.267. The predicted molar refractivity (Wildman–Crippen MR) is 116 cm³/mol. The standard InChI is InChI=1S/C23H30N2OS/c1-4-5-6-11-21(26)18-13-14-23-20(17-18)25(16-9-15-24(2)3)19-10-7-8-12-22(19)27-23/h7-8,10,12-14,17H,4-6,9,11,15-16H2,1-3H3. The Kier molecular flexibility index (Phi) is 6.97. The number of benzene rings is 2. The van der Waals surface area contributed by atoms with Gasteiger partial charge >= 0.3 is 0 Å². The first-order chi connectivity index (χ1) is 13.1. The normalized spacial score (nSPS) is 12.8. The van der Waals surface area contributed by atoms with E-state index < -0.39 is 0 Å². The van der Waals surface area contributed by atoms with Crippen molar-refractivity contribution in [3.05, 3.63) is 48.0 Å². The zero-order valence-electron chi connectivity index (χ0n) is 16.7. The Balaban J connectivity index is 1.86. The number of unbranched alkanes of at least 4 members (excludes halogenated alkanes) is 2. The first-order valence-corrected chi connectivity index (χ1v) is 10.8. The molecular formula is C23H30N2OS. The Morgan fingerprint density at radius 3 is 2.56 bits per heavy atom. The molecule has 1 heterocycles. The molecule has 2 aromatic carbocycles. The van der Waals surface area contributed by atoms with Gasteiger partial charge in [0.25, 0.3) is 0 Å². The van der Waals surface area contributed by atoms with Gasteiger partial charge in [-0.3, -0.25) is 4.79 Å². The zero-order valence-corrected chi connectivity index (χ0v) is 17.5. The molecule has 0 aliphatic carbocycles. The molecule has 0 bridgehead atoms. The lowest BCUT2D eigenvalue weighted by Crippen LogP contribution is -2.25. The van der Waals surface area contributed by atoms with Gasteiger partial charge in [-0.25, -0.2) is 0 Å². The summed E-state index contributed by atoms with van der Waals surface area (Å²) in [7, 11) is 4.22. The van der Waals surface area contributed by atoms with Crippen LogP contribution in [0, 0.1) is 0 Å². The molecule has 0 saturated carbocycles. The van der Waals surface area contributed by atoms with Gasteiger partial charge in [0.05, 0.1) is 11.4 Å². The summed E-state index contributed by atoms with van der Waals surface area (Å²) in [4.78, 5) is 19.8. The van der Waals surface area contributed by atoms with Gasteiger partial charge in [-0.2, -0.15) is 0 Å². The molecule has 1 aliphatic heterocycles. The van der Waals surface area contributed by atoms with Gasteiger partial charge < -0.3 is 9.80 Å². The number of para-hydroxylation sites is 1. The number of rotatable bonds is 9. The van der Waals surface area contributed by atoms with E-state index in [9.17, 15) is 4.79 Å². The van der Waals surface area contributed by atoms with Crippen LogP contribution in [0.15, 0.2) is 52.3 Å². The number of nitrogens with zero attached hydrogens (tertiary/aromatic N) is 2. The topological polar surface area (TPSA) is 23.6 Å². The molecule has 1 aliphatic rings. The van der Waals surface area contributed by atoms with Crippen molar-refractivity contribution < 1.29 is 4.79 Å². The van der Waals surface area contributed by atoms with E-state index >= 15 is 0 Å². The average molecular weight is 383 g/mol. The minimum Gasteiger partial charge on any atom is -0.340 e. The van der Waals surface area contributed by atoms with E-state index in [1.165, 1.54) is 21.2 Å². The second-order valence-corrected chi connectivity index (χ2v) is 8.52. The molecule has 3 rings (SSSR count). The monoisotopic (exact) mass is 382 g/mol. The van der Waals surface area contributed by atoms with Gasteiger partial charge in [0.1, 0.15) is 0 Å². The average Bonchev–Trinajstić information content (AvgIpc) is 2.67. The molecule has 144 valence electrons. The van der Waals surface area contributed by atoms with E-state index in [2.05, 4.69) is 67.2 Å². The Morgan fingerprint density at radius 2 is 1.78 bits per heavy atom. The summed E-state index contributed by atoms with van der Waals surface area (Å²) in [6.07, 6.45) is 4.98. The van der Waals surface area contributed by atoms with Gasteiger partial charge in [0.2, 0.25) is 0 Å². The van der Waals surface area contributed by atoms with Crippen LogP contribution in [0.3, 0.4) is 0 Å². The largest absolute Gasteiger partial charge is 0.340 e. The summed E-state index contributed by atoms with van der Waals surface area (Å²) >= 11 is 1.80. The number of anilines is 2. The van der Waals surface area contributed by atoms with Gasteiger partial charge in [0, 0.05) is 28.3 Å². The fraction of sp³-hybridized carbons (Fsp3) is 0.435. The van der Waals surface area contributed by atoms with Crippen LogP contribution in [0.2, 0.25) is 0 Å². The zero-order chi connectivity index (χ0) is 19.2. The van der Waals surface area contributed by atoms with Gasteiger partial charge in [-0.05, 0) is 57.7 Å². The van der Waals surface area contributed by atoms with Crippen LogP contribution < -0.4 is 4.90 Å². The quantitative estimate of drug-likeness (QED) is 0.392. The van der Waals surface area contributed by atoms with Crippen LogP contribution in [-0.4, -0.2) is 37.9 Å². The van der Waals surface area contributed by atoms with Crippen molar-refractivity contribution >= 4 is 28.9 Å². The van der Waals surface area contributed by atoms with Gasteiger partial charge in [-0.15, -0.1) is 0 Å². The molecular weight excluding hydrogens is 352 g/mol. The summed E-state index contributed by atoms with van der Waals surface area (Å²) in [6.45, 7) is 4.18. The molecule has 0 radical (unpaired) electrons. The van der Waals surface area contributed by atoms with Crippen molar-refractivity contribution in [3.63, 3.8) is 0 Å². The van der Waals surface area contributed by atoms with Gasteiger partial charge in [0.15, 0.2) is 5.78 Å². The summed E-state index contributed by atoms with van der Waals surface area (Å²) in [5.41, 5.74) is 3.28. The van der Waals surface area contributed by atoms with Crippen molar-refractivity contribution in [3.8, 4) is 0 Å². The first kappa shape index (κ1) is 20.0. The molecule has 3 nitrogen and oxygen atoms in total. The van der Waals surface area contributed by atoms with Crippen LogP contribution in [0.25, 0.3) is 0 Å². The fourth-order valence-electron chi connectivity index (χ4n) is 3.47. The SMILES string of the molecule is CCCCCC(=O)c1ccc2c(c1)N(CCCN(C)C)c1ccccc1S2. The van der Waals surface area contributed by atoms with E-state index in [1.54, 1.807) is 11.8 Å². The maximum atomic E-state index is 12.6. The van der Waals surface area contributed by atoms with Crippen molar-refractivity contribution in [2.45, 2.75) is 48.8 Å². The van der Waals surface area contributed by atoms with Crippen molar-refractivity contribution in [1.82, 2.24) is 4.90 Å². The molecule has 0 amide bonds. The molecule has 0 fully saturated rings. The second kappa shape index (κ2) is 9.43. The van der Waals surface area contributed by atoms with Crippen molar-refractivity contribution in [2.75, 3.05) is 32.1 Å². The lowest BCUT2D eigenvalue weighted by molar-refractivity contribution is 0.0979. The van der Waals surface area contributed by atoms with E-state index in [-0.39, 0.29) is 5.78 Å². The molecule has 0 unspecified atom stereocenters.